The molecule has 0 heterocycles. The zero-order valence-corrected chi connectivity index (χ0v) is 21.9. The maximum Gasteiger partial charge on any atom is 0.337 e. The number of nitrogens with one attached hydrogen (secondary N) is 2. The summed E-state index contributed by atoms with van der Waals surface area (Å²) in [7, 11) is 0. The monoisotopic (exact) mass is 585 g/mol. The Labute approximate surface area is 241 Å². The SMILES string of the molecule is O=C(Nc1ccc(Cc2ccc(NC(=O)c3cccc([N+](=O)O)c3)c(C(=O)O)c2)cc1C(=O)O)c1cccc([N+](=O)[O-])c1. The van der Waals surface area contributed by atoms with Crippen molar-refractivity contribution in [2.45, 2.75) is 6.42 Å². The van der Waals surface area contributed by atoms with E-state index in [2.05, 4.69) is 10.6 Å². The van der Waals surface area contributed by atoms with E-state index in [9.17, 15) is 44.4 Å². The highest BCUT2D eigenvalue weighted by molar-refractivity contribution is 6.09. The number of anilines is 2. The molecule has 0 aliphatic heterocycles. The molecular weight excluding hydrogens is 564 g/mol. The first-order valence-electron chi connectivity index (χ1n) is 12.3. The zero-order valence-electron chi connectivity index (χ0n) is 21.9. The lowest BCUT2D eigenvalue weighted by atomic mass is 9.99. The van der Waals surface area contributed by atoms with E-state index in [1.807, 2.05) is 0 Å². The number of nitrogens with zero attached hydrogens (tertiary/aromatic N) is 2. The molecule has 4 aromatic carbocycles. The number of hydrogen-bond donors (Lipinski definition) is 5. The van der Waals surface area contributed by atoms with E-state index in [0.717, 1.165) is 12.1 Å². The van der Waals surface area contributed by atoms with Crippen LogP contribution in [-0.4, -0.2) is 49.0 Å². The molecule has 0 aliphatic rings. The van der Waals surface area contributed by atoms with Gasteiger partial charge in [-0.2, -0.15) is 0 Å². The highest BCUT2D eigenvalue weighted by atomic mass is 16.6. The molecule has 0 saturated carbocycles. The molecule has 4 rings (SSSR count). The Morgan fingerprint density at radius 2 is 1.09 bits per heavy atom. The Bertz CT molecular complexity index is 1690. The Morgan fingerprint density at radius 1 is 0.651 bits per heavy atom. The predicted octanol–water partition coefficient (Wildman–Crippen LogP) is 4.89. The van der Waals surface area contributed by atoms with Crippen LogP contribution in [0, 0.1) is 15.0 Å². The van der Waals surface area contributed by atoms with Crippen LogP contribution in [-0.2, 0) is 6.42 Å². The highest BCUT2D eigenvalue weighted by Crippen LogP contribution is 2.25. The highest BCUT2D eigenvalue weighted by Gasteiger charge is 2.20. The lowest BCUT2D eigenvalue weighted by Gasteiger charge is -2.13. The lowest BCUT2D eigenvalue weighted by Crippen LogP contribution is -2.16. The van der Waals surface area contributed by atoms with Crippen LogP contribution < -0.4 is 10.6 Å². The van der Waals surface area contributed by atoms with E-state index in [1.54, 1.807) is 0 Å². The van der Waals surface area contributed by atoms with E-state index in [1.165, 1.54) is 72.8 Å². The molecule has 0 atom stereocenters. The van der Waals surface area contributed by atoms with E-state index < -0.39 is 33.6 Å². The quantitative estimate of drug-likeness (QED) is 0.125. The number of nitro groups is 1. The molecule has 0 aromatic heterocycles. The molecule has 0 aliphatic carbocycles. The number of amides is 2. The summed E-state index contributed by atoms with van der Waals surface area (Å²) in [6, 6.07) is 18.4. The standard InChI is InChI=1S/C29H20N4O10/c34-26(18-3-1-5-20(14-18)32(40)41)30-24-9-7-16(12-22(24)28(36)37)11-17-8-10-25(23(13-17)29(38)39)31-27(35)19-4-2-6-21(15-19)33(42)43/h1-10,12-15H,11H2,(H4-,30,31,34,35,36,37,38,39,40,41)/p+1. The molecule has 0 spiro atoms. The number of carbonyl (C=O) groups excluding carboxylic acids is 2. The molecule has 14 heteroatoms. The molecule has 4 aromatic rings. The van der Waals surface area contributed by atoms with Crippen LogP contribution in [0.4, 0.5) is 22.7 Å². The number of nitro benzene ring substituents is 1. The van der Waals surface area contributed by atoms with Gasteiger partial charge in [0.1, 0.15) is 0 Å². The lowest BCUT2D eigenvalue weighted by molar-refractivity contribution is -0.729. The van der Waals surface area contributed by atoms with Gasteiger partial charge in [0, 0.05) is 35.4 Å². The van der Waals surface area contributed by atoms with Crippen molar-refractivity contribution in [3.05, 3.63) is 133 Å². The van der Waals surface area contributed by atoms with Gasteiger partial charge in [-0.25, -0.2) is 14.8 Å². The molecule has 0 fully saturated rings. The van der Waals surface area contributed by atoms with Gasteiger partial charge in [0.2, 0.25) is 0 Å². The fourth-order valence-electron chi connectivity index (χ4n) is 4.13. The van der Waals surface area contributed by atoms with Gasteiger partial charge in [-0.3, -0.25) is 19.7 Å². The minimum absolute atomic E-state index is 0.00770. The largest absolute Gasteiger partial charge is 0.478 e. The van der Waals surface area contributed by atoms with Gasteiger partial charge < -0.3 is 20.8 Å². The summed E-state index contributed by atoms with van der Waals surface area (Å²) in [6.07, 6.45) is 0.0891. The molecule has 2 amide bonds. The summed E-state index contributed by atoms with van der Waals surface area (Å²) in [5.74, 6) is -4.19. The number of rotatable bonds is 10. The maximum atomic E-state index is 12.7. The van der Waals surface area contributed by atoms with Crippen LogP contribution in [0.3, 0.4) is 0 Å². The van der Waals surface area contributed by atoms with Gasteiger partial charge in [0.15, 0.2) is 0 Å². The summed E-state index contributed by atoms with van der Waals surface area (Å²) in [4.78, 5) is 70.3. The molecule has 0 unspecified atom stereocenters. The fraction of sp³-hybridized carbons (Fsp3) is 0.0345. The Morgan fingerprint density at radius 3 is 1.51 bits per heavy atom. The van der Waals surface area contributed by atoms with Crippen molar-refractivity contribution in [3.63, 3.8) is 0 Å². The molecule has 216 valence electrons. The number of carboxylic acid groups (broad SMARTS) is 2. The minimum Gasteiger partial charge on any atom is -0.478 e. The number of carboxylic acids is 2. The van der Waals surface area contributed by atoms with Gasteiger partial charge in [0.05, 0.1) is 32.3 Å². The predicted molar refractivity (Wildman–Crippen MR) is 150 cm³/mol. The zero-order chi connectivity index (χ0) is 31.3. The van der Waals surface area contributed by atoms with Gasteiger partial charge in [-0.15, -0.1) is 0 Å². The Hall–Kier alpha value is -6.44. The van der Waals surface area contributed by atoms with Crippen molar-refractivity contribution >= 4 is 46.5 Å². The van der Waals surface area contributed by atoms with Crippen LogP contribution >= 0.6 is 0 Å². The third-order valence-corrected chi connectivity index (χ3v) is 6.18. The van der Waals surface area contributed by atoms with Gasteiger partial charge in [-0.1, -0.05) is 24.3 Å². The van der Waals surface area contributed by atoms with Gasteiger partial charge >= 0.3 is 17.6 Å². The fourth-order valence-corrected chi connectivity index (χ4v) is 4.13. The topological polar surface area (TPSA) is 216 Å². The Kier molecular flexibility index (Phi) is 8.51. The third kappa shape index (κ3) is 7.01. The van der Waals surface area contributed by atoms with Crippen LogP contribution in [0.25, 0.3) is 0 Å². The van der Waals surface area contributed by atoms with Gasteiger partial charge in [-0.05, 0) is 53.9 Å². The summed E-state index contributed by atoms with van der Waals surface area (Å²) in [5.41, 5.74) is -0.248. The Balaban J connectivity index is 1.55. The van der Waals surface area contributed by atoms with E-state index in [0.29, 0.717) is 11.1 Å². The van der Waals surface area contributed by atoms with Crippen molar-refractivity contribution in [1.82, 2.24) is 0 Å². The van der Waals surface area contributed by atoms with E-state index >= 15 is 0 Å². The van der Waals surface area contributed by atoms with Crippen molar-refractivity contribution in [3.8, 4) is 0 Å². The summed E-state index contributed by atoms with van der Waals surface area (Å²) < 4.78 is 0. The number of benzene rings is 4. The van der Waals surface area contributed by atoms with Crippen LogP contribution in [0.1, 0.15) is 52.6 Å². The van der Waals surface area contributed by atoms with Crippen molar-refractivity contribution in [2.75, 3.05) is 10.6 Å². The molecule has 43 heavy (non-hydrogen) atoms. The second-order valence-electron chi connectivity index (χ2n) is 9.09. The normalized spacial score (nSPS) is 10.4. The third-order valence-electron chi connectivity index (χ3n) is 6.18. The first-order valence-corrected chi connectivity index (χ1v) is 12.3. The average molecular weight is 586 g/mol. The second-order valence-corrected chi connectivity index (χ2v) is 9.09. The molecular formula is C29H21N4O10+. The first kappa shape index (κ1) is 29.5. The molecule has 0 saturated heterocycles. The number of aromatic carboxylic acids is 2. The first-order chi connectivity index (χ1) is 20.4. The number of non-ortho nitro benzene ring substituents is 1. The van der Waals surface area contributed by atoms with E-state index in [4.69, 9.17) is 5.21 Å². The van der Waals surface area contributed by atoms with Gasteiger partial charge in [0.25, 0.3) is 22.4 Å². The summed E-state index contributed by atoms with van der Waals surface area (Å²) in [6.45, 7) is 0. The number of hydrogen-bond acceptors (Lipinski definition) is 7. The molecule has 5 N–H and O–H groups in total. The molecule has 0 radical (unpaired) electrons. The molecule has 0 bridgehead atoms. The van der Waals surface area contributed by atoms with Crippen LogP contribution in [0.15, 0.2) is 84.9 Å². The van der Waals surface area contributed by atoms with E-state index in [-0.39, 0.29) is 51.4 Å². The summed E-state index contributed by atoms with van der Waals surface area (Å²) in [5, 5.41) is 44.5. The molecule has 14 nitrogen and oxygen atoms in total. The van der Waals surface area contributed by atoms with Crippen LogP contribution in [0.2, 0.25) is 0 Å². The van der Waals surface area contributed by atoms with Crippen molar-refractivity contribution in [1.29, 1.82) is 0 Å². The smallest absolute Gasteiger partial charge is 0.337 e. The summed E-state index contributed by atoms with van der Waals surface area (Å²) >= 11 is 0. The van der Waals surface area contributed by atoms with Crippen molar-refractivity contribution in [2.24, 2.45) is 0 Å². The minimum atomic E-state index is -1.36. The number of carbonyl (C=O) groups is 4. The maximum absolute atomic E-state index is 12.7. The second kappa shape index (κ2) is 12.4. The average Bonchev–Trinajstić information content (AvgIpc) is 2.98. The van der Waals surface area contributed by atoms with Crippen LogP contribution in [0.5, 0.6) is 0 Å². The van der Waals surface area contributed by atoms with Crippen molar-refractivity contribution < 1.29 is 44.4 Å².